The molecule has 3 heterocycles. The number of nitrogens with one attached hydrogen (secondary N) is 1. The van der Waals surface area contributed by atoms with Gasteiger partial charge in [0.05, 0.1) is 16.8 Å². The van der Waals surface area contributed by atoms with Gasteiger partial charge in [0, 0.05) is 24.2 Å². The summed E-state index contributed by atoms with van der Waals surface area (Å²) < 4.78 is 15.0. The van der Waals surface area contributed by atoms with Gasteiger partial charge in [-0.1, -0.05) is 18.2 Å². The quantitative estimate of drug-likeness (QED) is 0.319. The number of hydrogen-bond acceptors (Lipinski definition) is 6. The first-order valence-corrected chi connectivity index (χ1v) is 13.1. The summed E-state index contributed by atoms with van der Waals surface area (Å²) in [6, 6.07) is 19.2. The molecule has 0 aliphatic carbocycles. The van der Waals surface area contributed by atoms with E-state index in [2.05, 4.69) is 10.1 Å². The molecule has 0 bridgehead atoms. The maximum absolute atomic E-state index is 13.0. The Hall–Kier alpha value is -3.27. The standard InChI is InChI=1S/C27H30BN3O4S/c1-28(33)31-13-11-19(16-31)17-34-21-7-9-22(10-8-21)35-18-20-5-3-4-6-23(20)29-27(32)25-15-26-24(30(25)2)12-14-36-26/h3-10,12,14-15,19,33H,11,13,16-18H2,1-2H3,(H,29,32)/t19-/m1/s1. The lowest BCUT2D eigenvalue weighted by Gasteiger charge is -2.16. The molecular weight excluding hydrogens is 473 g/mol. The third-order valence-corrected chi connectivity index (χ3v) is 7.56. The largest absolute Gasteiger partial charge is 0.493 e. The smallest absolute Gasteiger partial charge is 0.376 e. The van der Waals surface area contributed by atoms with E-state index in [0.717, 1.165) is 52.5 Å². The maximum Gasteiger partial charge on any atom is 0.376 e. The van der Waals surface area contributed by atoms with Crippen LogP contribution in [0.5, 0.6) is 11.5 Å². The SMILES string of the molecule is CB(O)N1CC[C@@H](COc2ccc(OCc3ccccc3NC(=O)c3cc4sccc4n3C)cc2)C1. The average molecular weight is 503 g/mol. The number of nitrogens with zero attached hydrogens (tertiary/aromatic N) is 2. The van der Waals surface area contributed by atoms with E-state index in [1.165, 1.54) is 0 Å². The number of para-hydroxylation sites is 1. The van der Waals surface area contributed by atoms with Crippen LogP contribution in [0.15, 0.2) is 66.0 Å². The highest BCUT2D eigenvalue weighted by molar-refractivity contribution is 7.17. The van der Waals surface area contributed by atoms with Gasteiger partial charge in [0.25, 0.3) is 5.91 Å². The summed E-state index contributed by atoms with van der Waals surface area (Å²) in [6.45, 7) is 4.53. The number of benzene rings is 2. The summed E-state index contributed by atoms with van der Waals surface area (Å²) in [7, 11) is 1.50. The van der Waals surface area contributed by atoms with E-state index in [1.807, 2.05) is 77.7 Å². The van der Waals surface area contributed by atoms with Crippen LogP contribution in [0.25, 0.3) is 10.2 Å². The molecule has 0 unspecified atom stereocenters. The van der Waals surface area contributed by atoms with Gasteiger partial charge in [0.2, 0.25) is 0 Å². The van der Waals surface area contributed by atoms with E-state index >= 15 is 0 Å². The number of carbonyl (C=O) groups excluding carboxylic acids is 1. The molecule has 186 valence electrons. The lowest BCUT2D eigenvalue weighted by molar-refractivity contribution is 0.101. The summed E-state index contributed by atoms with van der Waals surface area (Å²) in [5.41, 5.74) is 3.31. The number of carbonyl (C=O) groups is 1. The Balaban J connectivity index is 1.16. The second kappa shape index (κ2) is 10.8. The second-order valence-electron chi connectivity index (χ2n) is 9.22. The molecule has 1 amide bonds. The zero-order valence-corrected chi connectivity index (χ0v) is 21.3. The summed E-state index contributed by atoms with van der Waals surface area (Å²) in [5, 5.41) is 14.8. The monoisotopic (exact) mass is 503 g/mol. The van der Waals surface area contributed by atoms with Crippen molar-refractivity contribution in [2.45, 2.75) is 19.9 Å². The van der Waals surface area contributed by atoms with E-state index in [9.17, 15) is 9.82 Å². The molecule has 5 rings (SSSR count). The first kappa shape index (κ1) is 24.4. The minimum atomic E-state index is -0.403. The zero-order valence-electron chi connectivity index (χ0n) is 20.5. The van der Waals surface area contributed by atoms with Crippen molar-refractivity contribution in [3.05, 3.63) is 77.3 Å². The highest BCUT2D eigenvalue weighted by atomic mass is 32.1. The number of hydrogen-bond donors (Lipinski definition) is 2. The van der Waals surface area contributed by atoms with Crippen molar-refractivity contribution in [1.29, 1.82) is 0 Å². The molecule has 2 aromatic heterocycles. The van der Waals surface area contributed by atoms with Crippen LogP contribution < -0.4 is 14.8 Å². The van der Waals surface area contributed by atoms with Gasteiger partial charge in [0.1, 0.15) is 23.8 Å². The number of aromatic nitrogens is 1. The molecular formula is C27H30BN3O4S. The topological polar surface area (TPSA) is 76.0 Å². The van der Waals surface area contributed by atoms with E-state index in [1.54, 1.807) is 18.2 Å². The predicted molar refractivity (Wildman–Crippen MR) is 145 cm³/mol. The van der Waals surface area contributed by atoms with E-state index in [4.69, 9.17) is 9.47 Å². The fraction of sp³-hybridized carbons (Fsp3) is 0.296. The molecule has 0 spiro atoms. The third-order valence-electron chi connectivity index (χ3n) is 6.71. The fourth-order valence-corrected chi connectivity index (χ4v) is 5.42. The van der Waals surface area contributed by atoms with Crippen molar-refractivity contribution in [1.82, 2.24) is 9.38 Å². The Morgan fingerprint density at radius 2 is 1.89 bits per heavy atom. The lowest BCUT2D eigenvalue weighted by atomic mass is 9.86. The molecule has 2 N–H and O–H groups in total. The van der Waals surface area contributed by atoms with Gasteiger partial charge in [-0.25, -0.2) is 0 Å². The summed E-state index contributed by atoms with van der Waals surface area (Å²) in [6.07, 6.45) is 1.03. The second-order valence-corrected chi connectivity index (χ2v) is 10.2. The molecule has 4 aromatic rings. The minimum absolute atomic E-state index is 0.145. The molecule has 7 nitrogen and oxygen atoms in total. The molecule has 0 saturated carbocycles. The predicted octanol–water partition coefficient (Wildman–Crippen LogP) is 4.88. The van der Waals surface area contributed by atoms with Crippen molar-refractivity contribution in [2.24, 2.45) is 13.0 Å². The first-order chi connectivity index (χ1) is 17.5. The normalized spacial score (nSPS) is 15.8. The maximum atomic E-state index is 13.0. The molecule has 0 radical (unpaired) electrons. The molecule has 2 aromatic carbocycles. The van der Waals surface area contributed by atoms with Crippen molar-refractivity contribution < 1.29 is 19.3 Å². The van der Waals surface area contributed by atoms with Crippen molar-refractivity contribution in [3.8, 4) is 11.5 Å². The van der Waals surface area contributed by atoms with Gasteiger partial charge >= 0.3 is 7.05 Å². The molecule has 1 aliphatic rings. The number of fused-ring (bicyclic) bond motifs is 1. The van der Waals surface area contributed by atoms with E-state index in [0.29, 0.717) is 24.8 Å². The Bertz CT molecular complexity index is 1330. The number of rotatable bonds is 9. The van der Waals surface area contributed by atoms with E-state index < -0.39 is 7.05 Å². The van der Waals surface area contributed by atoms with Crippen molar-refractivity contribution >= 4 is 40.2 Å². The number of aryl methyl sites for hydroxylation is 1. The van der Waals surface area contributed by atoms with Crippen LogP contribution in [-0.2, 0) is 13.7 Å². The highest BCUT2D eigenvalue weighted by Gasteiger charge is 2.27. The number of ether oxygens (including phenoxy) is 2. The van der Waals surface area contributed by atoms with Crippen LogP contribution >= 0.6 is 11.3 Å². The van der Waals surface area contributed by atoms with Gasteiger partial charge in [-0.2, -0.15) is 0 Å². The Morgan fingerprint density at radius 1 is 1.14 bits per heavy atom. The zero-order chi connectivity index (χ0) is 25.1. The van der Waals surface area contributed by atoms with Crippen molar-refractivity contribution in [3.63, 3.8) is 0 Å². The van der Waals surface area contributed by atoms with Crippen LogP contribution in [0.3, 0.4) is 0 Å². The van der Waals surface area contributed by atoms with Gasteiger partial charge in [-0.3, -0.25) is 4.79 Å². The van der Waals surface area contributed by atoms with Gasteiger partial charge in [-0.05, 0) is 74.2 Å². The molecule has 1 saturated heterocycles. The van der Waals surface area contributed by atoms with Crippen molar-refractivity contribution in [2.75, 3.05) is 25.0 Å². The third kappa shape index (κ3) is 5.43. The van der Waals surface area contributed by atoms with Crippen LogP contribution in [0.4, 0.5) is 5.69 Å². The number of amides is 1. The average Bonchev–Trinajstić information content (AvgIpc) is 3.61. The van der Waals surface area contributed by atoms with Crippen LogP contribution in [0, 0.1) is 5.92 Å². The van der Waals surface area contributed by atoms with E-state index in [-0.39, 0.29) is 5.91 Å². The number of thiophene rings is 1. The highest BCUT2D eigenvalue weighted by Crippen LogP contribution is 2.26. The summed E-state index contributed by atoms with van der Waals surface area (Å²) >= 11 is 1.63. The molecule has 1 fully saturated rings. The molecule has 1 atom stereocenters. The Labute approximate surface area is 215 Å². The Kier molecular flexibility index (Phi) is 7.32. The van der Waals surface area contributed by atoms with Gasteiger partial charge in [0.15, 0.2) is 0 Å². The molecule has 9 heteroatoms. The number of anilines is 1. The summed E-state index contributed by atoms with van der Waals surface area (Å²) in [4.78, 5) is 15.0. The fourth-order valence-electron chi connectivity index (χ4n) is 4.57. The van der Waals surface area contributed by atoms with Crippen LogP contribution in [0.1, 0.15) is 22.5 Å². The Morgan fingerprint density at radius 3 is 2.61 bits per heavy atom. The van der Waals surface area contributed by atoms with Crippen LogP contribution in [0.2, 0.25) is 6.82 Å². The minimum Gasteiger partial charge on any atom is -0.493 e. The van der Waals surface area contributed by atoms with Gasteiger partial charge < -0.3 is 29.2 Å². The van der Waals surface area contributed by atoms with Gasteiger partial charge in [-0.15, -0.1) is 11.3 Å². The summed E-state index contributed by atoms with van der Waals surface area (Å²) in [5.74, 6) is 1.81. The molecule has 36 heavy (non-hydrogen) atoms. The van der Waals surface area contributed by atoms with Crippen LogP contribution in [-0.4, -0.2) is 47.1 Å². The molecule has 1 aliphatic heterocycles. The lowest BCUT2D eigenvalue weighted by Crippen LogP contribution is -2.35. The first-order valence-electron chi connectivity index (χ1n) is 12.2.